The average Bonchev–Trinajstić information content (AvgIpc) is 1.67. The number of nitrogens with one attached hydrogen (secondary N) is 1. The Balaban J connectivity index is 3.55. The molecule has 0 fully saturated rings. The zero-order valence-corrected chi connectivity index (χ0v) is 6.63. The molecule has 3 nitrogen and oxygen atoms in total. The normalized spacial score (nSPS) is 17.9. The molecular weight excluding hydrogens is 145 g/mol. The molecule has 0 saturated heterocycles. The van der Waals surface area contributed by atoms with E-state index in [0.717, 1.165) is 0 Å². The van der Waals surface area contributed by atoms with E-state index in [0.29, 0.717) is 6.54 Å². The molecule has 0 spiro atoms. The van der Waals surface area contributed by atoms with Gasteiger partial charge in [0.1, 0.15) is 0 Å². The van der Waals surface area contributed by atoms with Gasteiger partial charge in [-0.25, -0.2) is 5.09 Å². The van der Waals surface area contributed by atoms with E-state index in [1.807, 2.05) is 6.92 Å². The summed E-state index contributed by atoms with van der Waals surface area (Å²) in [7, 11) is 1.39. The number of rotatable bonds is 3. The predicted molar refractivity (Wildman–Crippen MR) is 37.2 cm³/mol. The largest absolute Gasteiger partial charge is 0.334 e. The van der Waals surface area contributed by atoms with Crippen LogP contribution in [0.25, 0.3) is 0 Å². The first-order valence-corrected chi connectivity index (χ1v) is 4.93. The highest BCUT2D eigenvalue weighted by molar-refractivity contribution is 8.08. The minimum Gasteiger partial charge on any atom is -0.334 e. The van der Waals surface area contributed by atoms with Crippen LogP contribution in [-0.2, 0) is 16.3 Å². The molecule has 1 atom stereocenters. The van der Waals surface area contributed by atoms with Crippen molar-refractivity contribution in [1.29, 1.82) is 0 Å². The molecule has 0 rings (SSSR count). The highest BCUT2D eigenvalue weighted by Gasteiger charge is 2.06. The number of hydrogen-bond donors (Lipinski definition) is 2. The van der Waals surface area contributed by atoms with Crippen molar-refractivity contribution in [3.8, 4) is 0 Å². The third kappa shape index (κ3) is 3.52. The lowest BCUT2D eigenvalue weighted by atomic mass is 10.8. The van der Waals surface area contributed by atoms with E-state index in [9.17, 15) is 0 Å². The molecule has 0 aromatic heterocycles. The molecule has 2 N–H and O–H groups in total. The lowest BCUT2D eigenvalue weighted by molar-refractivity contribution is 0.376. The first-order valence-electron chi connectivity index (χ1n) is 2.26. The fraction of sp³-hybridized carbons (Fsp3) is 1.00. The first-order chi connectivity index (χ1) is 3.62. The fourth-order valence-corrected chi connectivity index (χ4v) is 1.18. The molecule has 0 aromatic rings. The van der Waals surface area contributed by atoms with Crippen LogP contribution in [0.3, 0.4) is 0 Å². The maximum atomic E-state index is 8.92. The minimum absolute atomic E-state index is 0.640. The summed E-state index contributed by atoms with van der Waals surface area (Å²) >= 11 is 4.58. The van der Waals surface area contributed by atoms with Gasteiger partial charge in [-0.15, -0.1) is 0 Å². The molecule has 0 amide bonds. The molecule has 8 heavy (non-hydrogen) atoms. The molecule has 0 bridgehead atoms. The van der Waals surface area contributed by atoms with E-state index in [2.05, 4.69) is 21.4 Å². The smallest absolute Gasteiger partial charge is 0.258 e. The minimum atomic E-state index is -2.59. The Bertz CT molecular complexity index is 107. The maximum absolute atomic E-state index is 8.92. The topological polar surface area (TPSA) is 41.5 Å². The fourth-order valence-electron chi connectivity index (χ4n) is 0.264. The zero-order chi connectivity index (χ0) is 6.62. The molecule has 0 saturated carbocycles. The van der Waals surface area contributed by atoms with E-state index < -0.39 is 6.64 Å². The van der Waals surface area contributed by atoms with Gasteiger partial charge in [-0.3, -0.25) is 0 Å². The summed E-state index contributed by atoms with van der Waals surface area (Å²) in [6.45, 7) is -0.0922. The van der Waals surface area contributed by atoms with Crippen molar-refractivity contribution in [2.75, 3.05) is 13.7 Å². The van der Waals surface area contributed by atoms with Gasteiger partial charge in [0.25, 0.3) is 6.64 Å². The molecule has 1 unspecified atom stereocenters. The van der Waals surface area contributed by atoms with E-state index >= 15 is 0 Å². The Hall–Kier alpha value is 0.530. The summed E-state index contributed by atoms with van der Waals surface area (Å²) in [4.78, 5) is 8.92. The van der Waals surface area contributed by atoms with E-state index in [4.69, 9.17) is 4.89 Å². The van der Waals surface area contributed by atoms with Crippen molar-refractivity contribution < 1.29 is 9.42 Å². The molecular formula is C3H10NO2PS. The molecule has 0 heterocycles. The predicted octanol–water partition coefficient (Wildman–Crippen LogP) is 0.459. The summed E-state index contributed by atoms with van der Waals surface area (Å²) < 4.78 is 4.55. The van der Waals surface area contributed by atoms with Crippen molar-refractivity contribution in [1.82, 2.24) is 5.09 Å². The molecule has 5 heteroatoms. The number of hydrogen-bond acceptors (Lipinski definition) is 2. The SMILES string of the molecule is CCNP(O)(=S)OC. The highest BCUT2D eigenvalue weighted by atomic mass is 32.5. The van der Waals surface area contributed by atoms with Crippen LogP contribution < -0.4 is 5.09 Å². The summed E-state index contributed by atoms with van der Waals surface area (Å²) in [5, 5.41) is 2.63. The Morgan fingerprint density at radius 3 is 2.50 bits per heavy atom. The molecule has 0 aliphatic carbocycles. The van der Waals surface area contributed by atoms with Crippen LogP contribution in [0.4, 0.5) is 0 Å². The van der Waals surface area contributed by atoms with Crippen LogP contribution in [0.1, 0.15) is 6.92 Å². The Kier molecular flexibility index (Phi) is 3.77. The third-order valence-corrected chi connectivity index (χ3v) is 2.65. The van der Waals surface area contributed by atoms with Gasteiger partial charge in [0, 0.05) is 13.7 Å². The quantitative estimate of drug-likeness (QED) is 0.581. The van der Waals surface area contributed by atoms with Crippen LogP contribution >= 0.6 is 6.64 Å². The maximum Gasteiger partial charge on any atom is 0.258 e. The van der Waals surface area contributed by atoms with Gasteiger partial charge < -0.3 is 9.42 Å². The van der Waals surface area contributed by atoms with Crippen LogP contribution in [0.15, 0.2) is 0 Å². The molecule has 0 radical (unpaired) electrons. The Morgan fingerprint density at radius 1 is 1.88 bits per heavy atom. The second-order valence-electron chi connectivity index (χ2n) is 1.21. The first kappa shape index (κ1) is 8.53. The van der Waals surface area contributed by atoms with Gasteiger partial charge >= 0.3 is 0 Å². The van der Waals surface area contributed by atoms with Crippen LogP contribution in [0.2, 0.25) is 0 Å². The summed E-state index contributed by atoms with van der Waals surface area (Å²) in [5.74, 6) is 0. The van der Waals surface area contributed by atoms with Crippen LogP contribution in [0, 0.1) is 0 Å². The van der Waals surface area contributed by atoms with Gasteiger partial charge in [0.2, 0.25) is 0 Å². The van der Waals surface area contributed by atoms with Gasteiger partial charge in [0.15, 0.2) is 0 Å². The van der Waals surface area contributed by atoms with Crippen LogP contribution in [0.5, 0.6) is 0 Å². The van der Waals surface area contributed by atoms with Gasteiger partial charge in [-0.2, -0.15) is 0 Å². The third-order valence-electron chi connectivity index (χ3n) is 0.605. The van der Waals surface area contributed by atoms with Gasteiger partial charge in [0.05, 0.1) is 0 Å². The lowest BCUT2D eigenvalue weighted by Gasteiger charge is -2.11. The Labute approximate surface area is 54.3 Å². The second kappa shape index (κ2) is 3.54. The van der Waals surface area contributed by atoms with Crippen LogP contribution in [-0.4, -0.2) is 18.5 Å². The summed E-state index contributed by atoms with van der Waals surface area (Å²) in [5.41, 5.74) is 0. The van der Waals surface area contributed by atoms with E-state index in [-0.39, 0.29) is 0 Å². The second-order valence-corrected chi connectivity index (χ2v) is 4.42. The molecule has 50 valence electrons. The van der Waals surface area contributed by atoms with Crippen molar-refractivity contribution >= 4 is 18.4 Å². The summed E-state index contributed by atoms with van der Waals surface area (Å²) in [6.07, 6.45) is 0. The lowest BCUT2D eigenvalue weighted by Crippen LogP contribution is -2.08. The van der Waals surface area contributed by atoms with Gasteiger partial charge in [-0.1, -0.05) is 6.92 Å². The average molecular weight is 155 g/mol. The highest BCUT2D eigenvalue weighted by Crippen LogP contribution is 2.34. The standard InChI is InChI=1S/C3H10NO2PS/c1-3-4-7(5,8)6-2/h3H2,1-2H3,(H2,4,5,8). The Morgan fingerprint density at radius 2 is 2.38 bits per heavy atom. The van der Waals surface area contributed by atoms with E-state index in [1.165, 1.54) is 7.11 Å². The van der Waals surface area contributed by atoms with Crippen molar-refractivity contribution in [2.45, 2.75) is 6.92 Å². The van der Waals surface area contributed by atoms with Crippen molar-refractivity contribution in [3.05, 3.63) is 0 Å². The van der Waals surface area contributed by atoms with Gasteiger partial charge in [-0.05, 0) is 11.8 Å². The van der Waals surface area contributed by atoms with E-state index in [1.54, 1.807) is 0 Å². The monoisotopic (exact) mass is 155 g/mol. The molecule has 0 aliphatic heterocycles. The summed E-state index contributed by atoms with van der Waals surface area (Å²) in [6, 6.07) is 0. The molecule has 0 aromatic carbocycles. The van der Waals surface area contributed by atoms with Crippen molar-refractivity contribution in [2.24, 2.45) is 0 Å². The zero-order valence-electron chi connectivity index (χ0n) is 4.92. The van der Waals surface area contributed by atoms with Crippen molar-refractivity contribution in [3.63, 3.8) is 0 Å². The molecule has 0 aliphatic rings.